The molecule has 29 heavy (non-hydrogen) atoms. The number of anilines is 1. The summed E-state index contributed by atoms with van der Waals surface area (Å²) in [5, 5.41) is 24.9. The first-order valence-corrected chi connectivity index (χ1v) is 8.87. The maximum atomic E-state index is 11.9. The Bertz CT molecular complexity index is 696. The molecule has 0 fully saturated rings. The largest absolute Gasteiger partial charge is 0.481 e. The van der Waals surface area contributed by atoms with Gasteiger partial charge in [0.15, 0.2) is 0 Å². The standard InChI is InChI=1S/C17H25N6O6/c18-23-13-6-4-11(10-21-13)15(26)19-8-2-1-3-9-20-17(29)22-12(16(27)28)5-7-14(24)25/h4,6,9-10,12H,1-3,5,7-8,18H2,(H,19,26)(H,21,23)(H,24,25)(H,27,28)(H2,20,22,29). The first-order valence-electron chi connectivity index (χ1n) is 8.87. The molecule has 0 spiro atoms. The van der Waals surface area contributed by atoms with Crippen LogP contribution in [0.5, 0.6) is 0 Å². The summed E-state index contributed by atoms with van der Waals surface area (Å²) in [5.41, 5.74) is 2.77. The number of hydrazine groups is 1. The lowest BCUT2D eigenvalue weighted by molar-refractivity contribution is -0.140. The number of hydrogen-bond donors (Lipinski definition) is 7. The number of nitrogen functional groups attached to an aromatic ring is 1. The zero-order valence-electron chi connectivity index (χ0n) is 15.7. The minimum Gasteiger partial charge on any atom is -0.481 e. The smallest absolute Gasteiger partial charge is 0.326 e. The third kappa shape index (κ3) is 9.91. The highest BCUT2D eigenvalue weighted by Crippen LogP contribution is 2.04. The van der Waals surface area contributed by atoms with E-state index in [9.17, 15) is 19.2 Å². The van der Waals surface area contributed by atoms with Crippen LogP contribution >= 0.6 is 0 Å². The van der Waals surface area contributed by atoms with Crippen LogP contribution in [0.3, 0.4) is 0 Å². The minimum absolute atomic E-state index is 0.210. The molecule has 12 nitrogen and oxygen atoms in total. The predicted octanol–water partition coefficient (Wildman–Crippen LogP) is 0.0463. The average molecular weight is 409 g/mol. The van der Waals surface area contributed by atoms with E-state index in [1.165, 1.54) is 12.7 Å². The van der Waals surface area contributed by atoms with Gasteiger partial charge >= 0.3 is 18.0 Å². The fourth-order valence-corrected chi connectivity index (χ4v) is 2.18. The Morgan fingerprint density at radius 1 is 1.17 bits per heavy atom. The molecule has 0 aromatic carbocycles. The Morgan fingerprint density at radius 2 is 1.93 bits per heavy atom. The van der Waals surface area contributed by atoms with Gasteiger partial charge in [0.2, 0.25) is 0 Å². The van der Waals surface area contributed by atoms with Gasteiger partial charge in [0.25, 0.3) is 5.91 Å². The van der Waals surface area contributed by atoms with Gasteiger partial charge in [-0.05, 0) is 37.8 Å². The number of aromatic nitrogens is 1. The number of nitrogens with two attached hydrogens (primary N) is 1. The van der Waals surface area contributed by atoms with Crippen LogP contribution in [-0.2, 0) is 9.59 Å². The molecule has 0 saturated heterocycles. The fraction of sp³-hybridized carbons (Fsp3) is 0.412. The Hall–Kier alpha value is -3.41. The highest BCUT2D eigenvalue weighted by atomic mass is 16.4. The quantitative estimate of drug-likeness (QED) is 0.134. The van der Waals surface area contributed by atoms with E-state index in [2.05, 4.69) is 26.4 Å². The first kappa shape index (κ1) is 23.6. The van der Waals surface area contributed by atoms with Crippen LogP contribution in [0.2, 0.25) is 0 Å². The minimum atomic E-state index is -1.30. The maximum absolute atomic E-state index is 11.9. The Balaban J connectivity index is 2.14. The lowest BCUT2D eigenvalue weighted by atomic mass is 10.1. The molecule has 1 heterocycles. The van der Waals surface area contributed by atoms with Crippen LogP contribution in [0.15, 0.2) is 18.3 Å². The zero-order valence-corrected chi connectivity index (χ0v) is 15.7. The summed E-state index contributed by atoms with van der Waals surface area (Å²) >= 11 is 0. The number of amides is 3. The van der Waals surface area contributed by atoms with Crippen molar-refractivity contribution in [1.29, 1.82) is 0 Å². The summed E-state index contributed by atoms with van der Waals surface area (Å²) in [6.07, 6.45) is 2.68. The molecule has 0 saturated carbocycles. The third-order valence-corrected chi connectivity index (χ3v) is 3.72. The second-order valence-electron chi connectivity index (χ2n) is 5.97. The summed E-state index contributed by atoms with van der Waals surface area (Å²) in [7, 11) is 0. The highest BCUT2D eigenvalue weighted by Gasteiger charge is 2.20. The molecule has 1 unspecified atom stereocenters. The van der Waals surface area contributed by atoms with Gasteiger partial charge in [0.1, 0.15) is 11.9 Å². The van der Waals surface area contributed by atoms with Crippen LogP contribution in [-0.4, -0.2) is 51.7 Å². The monoisotopic (exact) mass is 409 g/mol. The topological polar surface area (TPSA) is 196 Å². The lowest BCUT2D eigenvalue weighted by Crippen LogP contribution is -2.45. The highest BCUT2D eigenvalue weighted by molar-refractivity contribution is 5.94. The normalized spacial score (nSPS) is 11.2. The van der Waals surface area contributed by atoms with Crippen molar-refractivity contribution in [2.75, 3.05) is 12.0 Å². The molecule has 3 amide bonds. The van der Waals surface area contributed by atoms with Gasteiger partial charge in [-0.25, -0.2) is 20.4 Å². The van der Waals surface area contributed by atoms with Crippen molar-refractivity contribution in [3.8, 4) is 0 Å². The molecular weight excluding hydrogens is 384 g/mol. The van der Waals surface area contributed by atoms with Gasteiger partial charge in [-0.15, -0.1) is 0 Å². The van der Waals surface area contributed by atoms with E-state index in [-0.39, 0.29) is 18.7 Å². The molecule has 159 valence electrons. The number of hydrogen-bond acceptors (Lipinski definition) is 7. The Kier molecular flexibility index (Phi) is 10.5. The average Bonchev–Trinajstić information content (AvgIpc) is 2.69. The van der Waals surface area contributed by atoms with Gasteiger partial charge in [-0.1, -0.05) is 0 Å². The molecule has 1 radical (unpaired) electrons. The SMILES string of the molecule is NNc1ccc(C(=O)NCCCC[CH]NC(=O)NC(CCC(=O)O)C(=O)O)cn1. The van der Waals surface area contributed by atoms with Gasteiger partial charge in [0.05, 0.1) is 12.1 Å². The summed E-state index contributed by atoms with van der Waals surface area (Å²) in [4.78, 5) is 49.0. The van der Waals surface area contributed by atoms with Crippen LogP contribution < -0.4 is 27.2 Å². The number of unbranched alkanes of at least 4 members (excludes halogenated alkanes) is 2. The number of pyridine rings is 1. The second-order valence-corrected chi connectivity index (χ2v) is 5.97. The van der Waals surface area contributed by atoms with E-state index in [1.54, 1.807) is 12.1 Å². The first-order chi connectivity index (χ1) is 13.8. The molecule has 0 bridgehead atoms. The maximum Gasteiger partial charge on any atom is 0.326 e. The molecule has 0 aliphatic heterocycles. The molecule has 12 heteroatoms. The van der Waals surface area contributed by atoms with Gasteiger partial charge in [-0.3, -0.25) is 9.59 Å². The summed E-state index contributed by atoms with van der Waals surface area (Å²) < 4.78 is 0. The molecule has 0 aliphatic rings. The van der Waals surface area contributed by atoms with Crippen molar-refractivity contribution in [3.63, 3.8) is 0 Å². The van der Waals surface area contributed by atoms with Crippen LogP contribution in [0.1, 0.15) is 42.5 Å². The van der Waals surface area contributed by atoms with Crippen LogP contribution in [0, 0.1) is 6.54 Å². The number of nitrogens with one attached hydrogen (secondary N) is 4. The van der Waals surface area contributed by atoms with E-state index < -0.39 is 24.0 Å². The fourth-order valence-electron chi connectivity index (χ4n) is 2.18. The summed E-state index contributed by atoms with van der Waals surface area (Å²) in [5.74, 6) is 2.94. The number of aliphatic carboxylic acids is 2. The second kappa shape index (κ2) is 12.9. The number of nitrogens with zero attached hydrogens (tertiary/aromatic N) is 1. The van der Waals surface area contributed by atoms with Crippen molar-refractivity contribution in [2.45, 2.75) is 38.1 Å². The van der Waals surface area contributed by atoms with E-state index in [4.69, 9.17) is 16.1 Å². The lowest BCUT2D eigenvalue weighted by Gasteiger charge is -2.14. The van der Waals surface area contributed by atoms with E-state index in [1.807, 2.05) is 0 Å². The van der Waals surface area contributed by atoms with Gasteiger partial charge < -0.3 is 31.6 Å². The molecular formula is C17H25N6O6. The number of carboxylic acids is 2. The predicted molar refractivity (Wildman–Crippen MR) is 102 cm³/mol. The molecule has 8 N–H and O–H groups in total. The van der Waals surface area contributed by atoms with Crippen molar-refractivity contribution in [2.24, 2.45) is 5.84 Å². The Morgan fingerprint density at radius 3 is 2.52 bits per heavy atom. The Labute approximate surface area is 167 Å². The van der Waals surface area contributed by atoms with Crippen molar-refractivity contribution in [3.05, 3.63) is 30.4 Å². The molecule has 0 aliphatic carbocycles. The summed E-state index contributed by atoms with van der Waals surface area (Å²) in [6.45, 7) is 1.90. The molecule has 1 aromatic heterocycles. The number of rotatable bonds is 13. The number of urea groups is 1. The number of carboxylic acid groups (broad SMARTS) is 2. The van der Waals surface area contributed by atoms with E-state index in [0.717, 1.165) is 0 Å². The van der Waals surface area contributed by atoms with Crippen molar-refractivity contribution in [1.82, 2.24) is 20.9 Å². The molecule has 1 rings (SSSR count). The van der Waals surface area contributed by atoms with Gasteiger partial charge in [0, 0.05) is 19.2 Å². The third-order valence-electron chi connectivity index (χ3n) is 3.72. The van der Waals surface area contributed by atoms with Crippen LogP contribution in [0.25, 0.3) is 0 Å². The van der Waals surface area contributed by atoms with Crippen LogP contribution in [0.4, 0.5) is 10.6 Å². The zero-order chi connectivity index (χ0) is 21.6. The summed E-state index contributed by atoms with van der Waals surface area (Å²) in [6, 6.07) is 1.17. The van der Waals surface area contributed by atoms with Crippen molar-refractivity contribution >= 4 is 29.7 Å². The number of carbonyl (C=O) groups is 4. The van der Waals surface area contributed by atoms with E-state index >= 15 is 0 Å². The molecule has 1 atom stereocenters. The van der Waals surface area contributed by atoms with E-state index in [0.29, 0.717) is 37.2 Å². The van der Waals surface area contributed by atoms with Gasteiger partial charge in [-0.2, -0.15) is 0 Å². The molecule has 1 aromatic rings. The van der Waals surface area contributed by atoms with Crippen molar-refractivity contribution < 1.29 is 29.4 Å². The number of carbonyl (C=O) groups excluding carboxylic acids is 2.